The molecule has 0 spiro atoms. The summed E-state index contributed by atoms with van der Waals surface area (Å²) in [6.45, 7) is 8.45. The van der Waals surface area contributed by atoms with E-state index in [0.29, 0.717) is 5.82 Å². The highest BCUT2D eigenvalue weighted by molar-refractivity contribution is 6.00. The van der Waals surface area contributed by atoms with E-state index in [-0.39, 0.29) is 0 Å². The third-order valence-corrected chi connectivity index (χ3v) is 6.33. The highest BCUT2D eigenvalue weighted by Gasteiger charge is 2.12. The number of rotatable bonds is 5. The molecular formula is C29H27N5. The fourth-order valence-corrected chi connectivity index (χ4v) is 4.34. The number of nitrogens with zero attached hydrogens (tertiary/aromatic N) is 4. The molecule has 5 heteroatoms. The number of aryl methyl sites for hydroxylation is 3. The van der Waals surface area contributed by atoms with Gasteiger partial charge in [0.05, 0.1) is 6.21 Å². The van der Waals surface area contributed by atoms with Gasteiger partial charge in [-0.2, -0.15) is 5.10 Å². The predicted octanol–water partition coefficient (Wildman–Crippen LogP) is 6.77. The lowest BCUT2D eigenvalue weighted by Crippen LogP contribution is -2.01. The van der Waals surface area contributed by atoms with Crippen molar-refractivity contribution in [2.75, 3.05) is 5.43 Å². The molecule has 0 bridgehead atoms. The van der Waals surface area contributed by atoms with Crippen LogP contribution >= 0.6 is 0 Å². The van der Waals surface area contributed by atoms with Crippen LogP contribution in [0.4, 0.5) is 5.82 Å². The molecule has 0 fully saturated rings. The topological polar surface area (TPSA) is 55.1 Å². The van der Waals surface area contributed by atoms with Crippen molar-refractivity contribution in [1.29, 1.82) is 0 Å². The van der Waals surface area contributed by atoms with Crippen molar-refractivity contribution in [1.82, 2.24) is 14.8 Å². The molecule has 5 aromatic rings. The van der Waals surface area contributed by atoms with Gasteiger partial charge in [-0.05, 0) is 63.1 Å². The van der Waals surface area contributed by atoms with Crippen LogP contribution in [-0.2, 0) is 0 Å². The second-order valence-corrected chi connectivity index (χ2v) is 8.61. The first-order valence-electron chi connectivity index (χ1n) is 11.4. The first-order chi connectivity index (χ1) is 16.5. The van der Waals surface area contributed by atoms with E-state index in [1.54, 1.807) is 0 Å². The second kappa shape index (κ2) is 8.94. The van der Waals surface area contributed by atoms with E-state index >= 15 is 0 Å². The summed E-state index contributed by atoms with van der Waals surface area (Å²) in [5, 5.41) is 15.6. The van der Waals surface area contributed by atoms with Crippen LogP contribution in [0, 0.1) is 27.7 Å². The van der Waals surface area contributed by atoms with Crippen molar-refractivity contribution in [2.24, 2.45) is 5.10 Å². The van der Waals surface area contributed by atoms with Crippen molar-refractivity contribution >= 4 is 22.8 Å². The number of anilines is 1. The third-order valence-electron chi connectivity index (χ3n) is 6.33. The summed E-state index contributed by atoms with van der Waals surface area (Å²) in [6.07, 6.45) is 1.84. The van der Waals surface area contributed by atoms with Crippen molar-refractivity contribution in [3.05, 3.63) is 107 Å². The summed E-state index contributed by atoms with van der Waals surface area (Å²) in [7, 11) is 0. The zero-order valence-electron chi connectivity index (χ0n) is 19.9. The van der Waals surface area contributed by atoms with Gasteiger partial charge in [-0.3, -0.25) is 5.43 Å². The summed E-state index contributed by atoms with van der Waals surface area (Å²) in [5.74, 6) is 0.635. The standard InChI is InChI=1S/C29H27N5/c1-19-14-15-23(16-20(19)2)28-26-12-8-9-13-27(26)29(33-31-28)32-30-18-24-17-21(3)34(22(24)4)25-10-6-5-7-11-25/h5-18H,1-4H3,(H,32,33)/b30-18+. The maximum absolute atomic E-state index is 4.56. The fourth-order valence-electron chi connectivity index (χ4n) is 4.34. The number of benzene rings is 3. The zero-order valence-corrected chi connectivity index (χ0v) is 19.9. The number of hydrogen-bond donors (Lipinski definition) is 1. The van der Waals surface area contributed by atoms with E-state index < -0.39 is 0 Å². The van der Waals surface area contributed by atoms with Gasteiger partial charge >= 0.3 is 0 Å². The molecule has 0 atom stereocenters. The number of para-hydroxylation sites is 1. The van der Waals surface area contributed by atoms with Crippen molar-refractivity contribution in [3.63, 3.8) is 0 Å². The predicted molar refractivity (Wildman–Crippen MR) is 141 cm³/mol. The Morgan fingerprint density at radius 2 is 1.50 bits per heavy atom. The molecule has 0 saturated heterocycles. The lowest BCUT2D eigenvalue weighted by molar-refractivity contribution is 0.965. The van der Waals surface area contributed by atoms with E-state index in [4.69, 9.17) is 0 Å². The SMILES string of the molecule is Cc1ccc(-c2nnc(N/N=C/c3cc(C)n(-c4ccccc4)c3C)c3ccccc23)cc1C. The summed E-state index contributed by atoms with van der Waals surface area (Å²) >= 11 is 0. The van der Waals surface area contributed by atoms with Gasteiger partial charge in [0.15, 0.2) is 5.82 Å². The third kappa shape index (κ3) is 3.97. The minimum Gasteiger partial charge on any atom is -0.318 e. The van der Waals surface area contributed by atoms with E-state index in [2.05, 4.69) is 108 Å². The Labute approximate surface area is 199 Å². The molecule has 5 rings (SSSR count). The molecule has 0 radical (unpaired) electrons. The molecule has 5 nitrogen and oxygen atoms in total. The highest BCUT2D eigenvalue weighted by atomic mass is 15.3. The molecule has 0 aliphatic carbocycles. The largest absolute Gasteiger partial charge is 0.318 e. The van der Waals surface area contributed by atoms with Crippen LogP contribution in [0.5, 0.6) is 0 Å². The van der Waals surface area contributed by atoms with E-state index in [1.165, 1.54) is 11.1 Å². The Morgan fingerprint density at radius 3 is 2.26 bits per heavy atom. The number of hydrogen-bond acceptors (Lipinski definition) is 4. The monoisotopic (exact) mass is 445 g/mol. The van der Waals surface area contributed by atoms with E-state index in [0.717, 1.165) is 44.7 Å². The molecule has 1 N–H and O–H groups in total. The van der Waals surface area contributed by atoms with Crippen LogP contribution in [0.3, 0.4) is 0 Å². The Balaban J connectivity index is 1.46. The van der Waals surface area contributed by atoms with Gasteiger partial charge < -0.3 is 4.57 Å². The smallest absolute Gasteiger partial charge is 0.176 e. The number of aromatic nitrogens is 3. The first-order valence-corrected chi connectivity index (χ1v) is 11.4. The maximum Gasteiger partial charge on any atom is 0.176 e. The van der Waals surface area contributed by atoms with E-state index in [1.807, 2.05) is 30.5 Å². The average Bonchev–Trinajstić information content (AvgIpc) is 3.14. The van der Waals surface area contributed by atoms with E-state index in [9.17, 15) is 0 Å². The Kier molecular flexibility index (Phi) is 5.68. The molecule has 2 aromatic heterocycles. The van der Waals surface area contributed by atoms with Crippen LogP contribution < -0.4 is 5.43 Å². The van der Waals surface area contributed by atoms with Crippen molar-refractivity contribution in [3.8, 4) is 16.9 Å². The van der Waals surface area contributed by atoms with Gasteiger partial charge in [0.25, 0.3) is 0 Å². The molecule has 0 aliphatic rings. The zero-order chi connectivity index (χ0) is 23.7. The molecule has 2 heterocycles. The summed E-state index contributed by atoms with van der Waals surface area (Å²) in [4.78, 5) is 0. The molecule has 34 heavy (non-hydrogen) atoms. The van der Waals surface area contributed by atoms with Gasteiger partial charge in [-0.25, -0.2) is 0 Å². The van der Waals surface area contributed by atoms with Crippen LogP contribution in [0.2, 0.25) is 0 Å². The Hall–Kier alpha value is -4.25. The van der Waals surface area contributed by atoms with Gasteiger partial charge in [0, 0.05) is 39.0 Å². The molecular weight excluding hydrogens is 418 g/mol. The maximum atomic E-state index is 4.56. The Morgan fingerprint density at radius 1 is 0.765 bits per heavy atom. The van der Waals surface area contributed by atoms with Crippen LogP contribution in [0.1, 0.15) is 28.1 Å². The van der Waals surface area contributed by atoms with Crippen molar-refractivity contribution < 1.29 is 0 Å². The number of nitrogens with one attached hydrogen (secondary N) is 1. The summed E-state index contributed by atoms with van der Waals surface area (Å²) in [5.41, 5.74) is 12.1. The average molecular weight is 446 g/mol. The lowest BCUT2D eigenvalue weighted by atomic mass is 10.0. The first kappa shape index (κ1) is 21.6. The molecule has 0 unspecified atom stereocenters. The quantitative estimate of drug-likeness (QED) is 0.240. The van der Waals surface area contributed by atoms with Crippen LogP contribution in [-0.4, -0.2) is 21.0 Å². The normalized spacial score (nSPS) is 11.4. The molecule has 3 aromatic carbocycles. The molecule has 0 aliphatic heterocycles. The summed E-state index contributed by atoms with van der Waals surface area (Å²) in [6, 6.07) is 27.1. The molecule has 168 valence electrons. The minimum atomic E-state index is 0.635. The lowest BCUT2D eigenvalue weighted by Gasteiger charge is -2.10. The van der Waals surface area contributed by atoms with Crippen molar-refractivity contribution in [2.45, 2.75) is 27.7 Å². The number of fused-ring (bicyclic) bond motifs is 1. The van der Waals surface area contributed by atoms with Gasteiger partial charge in [-0.15, -0.1) is 10.2 Å². The van der Waals surface area contributed by atoms with Gasteiger partial charge in [0.2, 0.25) is 0 Å². The highest BCUT2D eigenvalue weighted by Crippen LogP contribution is 2.30. The summed E-state index contributed by atoms with van der Waals surface area (Å²) < 4.78 is 2.23. The second-order valence-electron chi connectivity index (χ2n) is 8.61. The Bertz CT molecular complexity index is 1510. The fraction of sp³-hybridized carbons (Fsp3) is 0.138. The minimum absolute atomic E-state index is 0.635. The number of hydrazone groups is 1. The van der Waals surface area contributed by atoms with Gasteiger partial charge in [0.1, 0.15) is 5.69 Å². The van der Waals surface area contributed by atoms with Crippen LogP contribution in [0.15, 0.2) is 84.0 Å². The molecule has 0 amide bonds. The van der Waals surface area contributed by atoms with Gasteiger partial charge in [-0.1, -0.05) is 54.6 Å². The van der Waals surface area contributed by atoms with Crippen LogP contribution in [0.25, 0.3) is 27.7 Å². The molecule has 0 saturated carbocycles.